The van der Waals surface area contributed by atoms with E-state index in [2.05, 4.69) is 5.32 Å². The Kier molecular flexibility index (Phi) is 3.88. The van der Waals surface area contributed by atoms with E-state index in [9.17, 15) is 4.79 Å². The number of carbonyl (C=O) groups excluding carboxylic acids is 1. The van der Waals surface area contributed by atoms with Crippen LogP contribution >= 0.6 is 0 Å². The summed E-state index contributed by atoms with van der Waals surface area (Å²) in [6.07, 6.45) is 1.86. The summed E-state index contributed by atoms with van der Waals surface area (Å²) in [5.74, 6) is 0.951. The number of hydrogen-bond acceptors (Lipinski definition) is 2. The van der Waals surface area contributed by atoms with Crippen LogP contribution in [0.2, 0.25) is 0 Å². The molecule has 1 aliphatic rings. The molecule has 3 heteroatoms. The quantitative estimate of drug-likeness (QED) is 0.915. The second kappa shape index (κ2) is 5.84. The van der Waals surface area contributed by atoms with Gasteiger partial charge in [0.15, 0.2) is 0 Å². The van der Waals surface area contributed by atoms with Crippen LogP contribution in [-0.4, -0.2) is 13.0 Å². The zero-order chi connectivity index (χ0) is 15.6. The van der Waals surface area contributed by atoms with Gasteiger partial charge in [0.1, 0.15) is 5.75 Å². The van der Waals surface area contributed by atoms with Crippen LogP contribution in [0.25, 0.3) is 0 Å². The first-order chi connectivity index (χ1) is 10.7. The van der Waals surface area contributed by atoms with Crippen LogP contribution in [0.3, 0.4) is 0 Å². The molecule has 1 fully saturated rings. The first-order valence-corrected chi connectivity index (χ1v) is 7.66. The highest BCUT2D eigenvalue weighted by atomic mass is 16.5. The Bertz CT molecular complexity index is 645. The molecule has 0 heterocycles. The van der Waals surface area contributed by atoms with Crippen molar-refractivity contribution in [3.05, 3.63) is 65.7 Å². The SMILES string of the molecule is COc1ccc([C@@H](C)NC(=O)C2(c3ccccc3)CC2)cc1. The number of hydrogen-bond donors (Lipinski definition) is 1. The van der Waals surface area contributed by atoms with Gasteiger partial charge >= 0.3 is 0 Å². The van der Waals surface area contributed by atoms with E-state index in [1.165, 1.54) is 0 Å². The first kappa shape index (κ1) is 14.6. The summed E-state index contributed by atoms with van der Waals surface area (Å²) in [5, 5.41) is 3.16. The van der Waals surface area contributed by atoms with E-state index in [1.807, 2.05) is 61.5 Å². The second-order valence-corrected chi connectivity index (χ2v) is 5.92. The van der Waals surface area contributed by atoms with Gasteiger partial charge in [-0.2, -0.15) is 0 Å². The molecule has 1 N–H and O–H groups in total. The Morgan fingerprint density at radius 2 is 1.73 bits per heavy atom. The Morgan fingerprint density at radius 1 is 1.09 bits per heavy atom. The normalized spacial score (nSPS) is 16.6. The predicted molar refractivity (Wildman–Crippen MR) is 86.9 cm³/mol. The Balaban J connectivity index is 1.71. The summed E-state index contributed by atoms with van der Waals surface area (Å²) in [7, 11) is 1.65. The summed E-state index contributed by atoms with van der Waals surface area (Å²) in [6.45, 7) is 2.01. The number of carbonyl (C=O) groups is 1. The second-order valence-electron chi connectivity index (χ2n) is 5.92. The maximum absolute atomic E-state index is 12.7. The third-order valence-corrected chi connectivity index (χ3v) is 4.47. The van der Waals surface area contributed by atoms with Crippen LogP contribution in [0.4, 0.5) is 0 Å². The molecule has 0 radical (unpaired) electrons. The molecule has 0 aliphatic heterocycles. The van der Waals surface area contributed by atoms with Crippen molar-refractivity contribution in [1.82, 2.24) is 5.32 Å². The average Bonchev–Trinajstić information content (AvgIpc) is 3.37. The molecule has 0 saturated heterocycles. The monoisotopic (exact) mass is 295 g/mol. The van der Waals surface area contributed by atoms with E-state index in [0.29, 0.717) is 0 Å². The van der Waals surface area contributed by atoms with Crippen LogP contribution in [-0.2, 0) is 10.2 Å². The van der Waals surface area contributed by atoms with Gasteiger partial charge in [-0.3, -0.25) is 4.79 Å². The Hall–Kier alpha value is -2.29. The van der Waals surface area contributed by atoms with Crippen LogP contribution in [0.15, 0.2) is 54.6 Å². The number of rotatable bonds is 5. The first-order valence-electron chi connectivity index (χ1n) is 7.66. The van der Waals surface area contributed by atoms with Crippen molar-refractivity contribution in [2.75, 3.05) is 7.11 Å². The number of amides is 1. The maximum Gasteiger partial charge on any atom is 0.231 e. The molecule has 1 aliphatic carbocycles. The Morgan fingerprint density at radius 3 is 2.27 bits per heavy atom. The van der Waals surface area contributed by atoms with Gasteiger partial charge in [0.2, 0.25) is 5.91 Å². The molecular formula is C19H21NO2. The highest BCUT2D eigenvalue weighted by Gasteiger charge is 2.51. The van der Waals surface area contributed by atoms with Crippen LogP contribution in [0.1, 0.15) is 36.9 Å². The van der Waals surface area contributed by atoms with Crippen molar-refractivity contribution in [3.8, 4) is 5.75 Å². The molecular weight excluding hydrogens is 274 g/mol. The number of nitrogens with one attached hydrogen (secondary N) is 1. The van der Waals surface area contributed by atoms with Crippen molar-refractivity contribution >= 4 is 5.91 Å². The molecule has 0 bridgehead atoms. The van der Waals surface area contributed by atoms with Crippen molar-refractivity contribution in [1.29, 1.82) is 0 Å². The van der Waals surface area contributed by atoms with Gasteiger partial charge < -0.3 is 10.1 Å². The van der Waals surface area contributed by atoms with Gasteiger partial charge in [0.25, 0.3) is 0 Å². The van der Waals surface area contributed by atoms with Crippen molar-refractivity contribution < 1.29 is 9.53 Å². The molecule has 0 spiro atoms. The zero-order valence-corrected chi connectivity index (χ0v) is 13.0. The maximum atomic E-state index is 12.7. The van der Waals surface area contributed by atoms with Gasteiger partial charge in [0, 0.05) is 0 Å². The number of ether oxygens (including phenoxy) is 1. The fourth-order valence-corrected chi connectivity index (χ4v) is 2.84. The van der Waals surface area contributed by atoms with Gasteiger partial charge in [0.05, 0.1) is 18.6 Å². The van der Waals surface area contributed by atoms with Crippen molar-refractivity contribution in [2.24, 2.45) is 0 Å². The smallest absolute Gasteiger partial charge is 0.231 e. The van der Waals surface area contributed by atoms with Crippen LogP contribution in [0.5, 0.6) is 5.75 Å². The van der Waals surface area contributed by atoms with Crippen LogP contribution in [0, 0.1) is 0 Å². The Labute approximate surface area is 131 Å². The van der Waals surface area contributed by atoms with Gasteiger partial charge in [-0.1, -0.05) is 42.5 Å². The molecule has 0 aromatic heterocycles. The molecule has 0 unspecified atom stereocenters. The molecule has 1 saturated carbocycles. The summed E-state index contributed by atoms with van der Waals surface area (Å²) in [5.41, 5.74) is 1.88. The van der Waals surface area contributed by atoms with E-state index in [0.717, 1.165) is 29.7 Å². The molecule has 2 aromatic rings. The third kappa shape index (κ3) is 2.71. The standard InChI is InChI=1S/C19H21NO2/c1-14(15-8-10-17(22-2)11-9-15)20-18(21)19(12-13-19)16-6-4-3-5-7-16/h3-11,14H,12-13H2,1-2H3,(H,20,21)/t14-/m1/s1. The molecule has 1 amide bonds. The minimum absolute atomic E-state index is 0.0143. The van der Waals surface area contributed by atoms with Crippen LogP contribution < -0.4 is 10.1 Å². The lowest BCUT2D eigenvalue weighted by Gasteiger charge is -2.20. The van der Waals surface area contributed by atoms with E-state index in [4.69, 9.17) is 4.74 Å². The lowest BCUT2D eigenvalue weighted by atomic mass is 9.94. The third-order valence-electron chi connectivity index (χ3n) is 4.47. The summed E-state index contributed by atoms with van der Waals surface area (Å²) < 4.78 is 5.16. The topological polar surface area (TPSA) is 38.3 Å². The highest BCUT2D eigenvalue weighted by molar-refractivity contribution is 5.91. The lowest BCUT2D eigenvalue weighted by molar-refractivity contribution is -0.124. The molecule has 1 atom stereocenters. The fraction of sp³-hybridized carbons (Fsp3) is 0.316. The molecule has 3 nitrogen and oxygen atoms in total. The average molecular weight is 295 g/mol. The van der Waals surface area contributed by atoms with Gasteiger partial charge in [-0.15, -0.1) is 0 Å². The highest BCUT2D eigenvalue weighted by Crippen LogP contribution is 2.48. The van der Waals surface area contributed by atoms with E-state index in [1.54, 1.807) is 7.11 Å². The minimum atomic E-state index is -0.317. The number of methoxy groups -OCH3 is 1. The number of benzene rings is 2. The molecule has 3 rings (SSSR count). The van der Waals surface area contributed by atoms with Crippen molar-refractivity contribution in [2.45, 2.75) is 31.2 Å². The molecule has 2 aromatic carbocycles. The predicted octanol–water partition coefficient (Wildman–Crippen LogP) is 3.60. The van der Waals surface area contributed by atoms with E-state index in [-0.39, 0.29) is 17.4 Å². The summed E-state index contributed by atoms with van der Waals surface area (Å²) in [6, 6.07) is 17.9. The van der Waals surface area contributed by atoms with Gasteiger partial charge in [-0.25, -0.2) is 0 Å². The largest absolute Gasteiger partial charge is 0.497 e. The summed E-state index contributed by atoms with van der Waals surface area (Å²) >= 11 is 0. The summed E-state index contributed by atoms with van der Waals surface area (Å²) in [4.78, 5) is 12.7. The molecule has 22 heavy (non-hydrogen) atoms. The fourth-order valence-electron chi connectivity index (χ4n) is 2.84. The zero-order valence-electron chi connectivity index (χ0n) is 13.0. The van der Waals surface area contributed by atoms with E-state index >= 15 is 0 Å². The van der Waals surface area contributed by atoms with Gasteiger partial charge in [-0.05, 0) is 43.0 Å². The van der Waals surface area contributed by atoms with Crippen molar-refractivity contribution in [3.63, 3.8) is 0 Å². The van der Waals surface area contributed by atoms with E-state index < -0.39 is 0 Å². The minimum Gasteiger partial charge on any atom is -0.497 e. The molecule has 114 valence electrons. The lowest BCUT2D eigenvalue weighted by Crippen LogP contribution is -2.36.